The van der Waals surface area contributed by atoms with Crippen LogP contribution in [0.15, 0.2) is 23.1 Å². The fraction of sp³-hybridized carbons (Fsp3) is 0.429. The highest BCUT2D eigenvalue weighted by Crippen LogP contribution is 2.30. The van der Waals surface area contributed by atoms with Crippen molar-refractivity contribution in [2.75, 3.05) is 12.4 Å². The van der Waals surface area contributed by atoms with Gasteiger partial charge in [-0.3, -0.25) is 4.79 Å². The maximum atomic E-state index is 12.1. The number of amides is 1. The average Bonchev–Trinajstić information content (AvgIpc) is 3.15. The van der Waals surface area contributed by atoms with Crippen molar-refractivity contribution in [1.82, 2.24) is 9.71 Å². The molecule has 118 valence electrons. The van der Waals surface area contributed by atoms with Gasteiger partial charge in [0.15, 0.2) is 5.13 Å². The lowest BCUT2D eigenvalue weighted by Crippen LogP contribution is -2.19. The van der Waals surface area contributed by atoms with Crippen LogP contribution in [0.5, 0.6) is 0 Å². The fourth-order valence-corrected chi connectivity index (χ4v) is 4.38. The summed E-state index contributed by atoms with van der Waals surface area (Å²) < 4.78 is 26.6. The monoisotopic (exact) mass is 339 g/mol. The van der Waals surface area contributed by atoms with E-state index in [2.05, 4.69) is 15.0 Å². The quantitative estimate of drug-likeness (QED) is 0.895. The molecule has 22 heavy (non-hydrogen) atoms. The molecule has 0 atom stereocenters. The van der Waals surface area contributed by atoms with E-state index in [1.54, 1.807) is 12.1 Å². The Morgan fingerprint density at radius 1 is 1.32 bits per heavy atom. The Kier molecular flexibility index (Phi) is 4.16. The SMILES string of the molecule is CNS(=O)(=O)c1ccc2nc(NC(=O)C3CCCC3)sc2c1. The largest absolute Gasteiger partial charge is 0.302 e. The summed E-state index contributed by atoms with van der Waals surface area (Å²) in [5, 5.41) is 3.37. The molecular weight excluding hydrogens is 322 g/mol. The van der Waals surface area contributed by atoms with Crippen molar-refractivity contribution in [1.29, 1.82) is 0 Å². The highest BCUT2D eigenvalue weighted by molar-refractivity contribution is 7.89. The Balaban J connectivity index is 1.85. The third-order valence-corrected chi connectivity index (χ3v) is 6.24. The van der Waals surface area contributed by atoms with Crippen LogP contribution < -0.4 is 10.0 Å². The van der Waals surface area contributed by atoms with E-state index in [0.29, 0.717) is 10.6 Å². The van der Waals surface area contributed by atoms with Gasteiger partial charge in [-0.15, -0.1) is 0 Å². The van der Waals surface area contributed by atoms with Crippen molar-refractivity contribution in [2.45, 2.75) is 30.6 Å². The fourth-order valence-electron chi connectivity index (χ4n) is 2.64. The Bertz CT molecular complexity index is 808. The number of aromatic nitrogens is 1. The van der Waals surface area contributed by atoms with Gasteiger partial charge in [0.25, 0.3) is 0 Å². The lowest BCUT2D eigenvalue weighted by molar-refractivity contribution is -0.119. The molecule has 1 saturated carbocycles. The minimum absolute atomic E-state index is 0.0135. The van der Waals surface area contributed by atoms with Gasteiger partial charge in [-0.05, 0) is 38.1 Å². The van der Waals surface area contributed by atoms with Crippen LogP contribution in [0.1, 0.15) is 25.7 Å². The van der Waals surface area contributed by atoms with Crippen LogP contribution >= 0.6 is 11.3 Å². The van der Waals surface area contributed by atoms with E-state index < -0.39 is 10.0 Å². The number of nitrogens with zero attached hydrogens (tertiary/aromatic N) is 1. The predicted molar refractivity (Wildman–Crippen MR) is 86.5 cm³/mol. The Morgan fingerprint density at radius 2 is 2.05 bits per heavy atom. The van der Waals surface area contributed by atoms with Gasteiger partial charge in [-0.25, -0.2) is 18.1 Å². The molecule has 1 aliphatic rings. The Labute approximate surface area is 133 Å². The molecule has 0 bridgehead atoms. The molecule has 0 aliphatic heterocycles. The maximum Gasteiger partial charge on any atom is 0.240 e. The van der Waals surface area contributed by atoms with Crippen LogP contribution in [0.25, 0.3) is 10.2 Å². The zero-order valence-corrected chi connectivity index (χ0v) is 13.8. The van der Waals surface area contributed by atoms with Gasteiger partial charge in [0.05, 0.1) is 15.1 Å². The molecule has 0 spiro atoms. The second kappa shape index (κ2) is 5.94. The van der Waals surface area contributed by atoms with E-state index in [4.69, 9.17) is 0 Å². The van der Waals surface area contributed by atoms with Crippen molar-refractivity contribution in [2.24, 2.45) is 5.92 Å². The molecule has 1 aromatic carbocycles. The van der Waals surface area contributed by atoms with Gasteiger partial charge < -0.3 is 5.32 Å². The minimum atomic E-state index is -3.47. The number of benzene rings is 1. The predicted octanol–water partition coefficient (Wildman–Crippen LogP) is 2.33. The van der Waals surface area contributed by atoms with Crippen LogP contribution in [0.4, 0.5) is 5.13 Å². The van der Waals surface area contributed by atoms with Gasteiger partial charge in [0.2, 0.25) is 15.9 Å². The molecule has 1 heterocycles. The number of hydrogen-bond acceptors (Lipinski definition) is 5. The second-order valence-electron chi connectivity index (χ2n) is 5.33. The van der Waals surface area contributed by atoms with Gasteiger partial charge >= 0.3 is 0 Å². The third kappa shape index (κ3) is 2.99. The second-order valence-corrected chi connectivity index (χ2v) is 8.24. The molecule has 0 radical (unpaired) electrons. The van der Waals surface area contributed by atoms with Crippen molar-refractivity contribution in [3.8, 4) is 0 Å². The van der Waals surface area contributed by atoms with E-state index in [-0.39, 0.29) is 16.7 Å². The molecule has 3 rings (SSSR count). The number of nitrogens with one attached hydrogen (secondary N) is 2. The zero-order valence-electron chi connectivity index (χ0n) is 12.1. The van der Waals surface area contributed by atoms with Crippen molar-refractivity contribution >= 4 is 42.6 Å². The molecule has 6 nitrogen and oxygen atoms in total. The molecule has 2 N–H and O–H groups in total. The normalized spacial score (nSPS) is 16.2. The first-order chi connectivity index (χ1) is 10.5. The Morgan fingerprint density at radius 3 is 2.73 bits per heavy atom. The summed E-state index contributed by atoms with van der Waals surface area (Å²) in [7, 11) is -2.10. The zero-order chi connectivity index (χ0) is 15.7. The van der Waals surface area contributed by atoms with Crippen LogP contribution in [0.3, 0.4) is 0 Å². The van der Waals surface area contributed by atoms with Gasteiger partial charge in [0.1, 0.15) is 0 Å². The van der Waals surface area contributed by atoms with Gasteiger partial charge in [-0.2, -0.15) is 0 Å². The van der Waals surface area contributed by atoms with E-state index in [0.717, 1.165) is 30.4 Å². The number of carbonyl (C=O) groups excluding carboxylic acids is 1. The molecule has 1 aliphatic carbocycles. The highest BCUT2D eigenvalue weighted by atomic mass is 32.2. The summed E-state index contributed by atoms with van der Waals surface area (Å²) in [4.78, 5) is 16.7. The first-order valence-corrected chi connectivity index (χ1v) is 9.44. The summed E-state index contributed by atoms with van der Waals surface area (Å²) in [6.45, 7) is 0. The molecule has 0 unspecified atom stereocenters. The van der Waals surface area contributed by atoms with E-state index in [9.17, 15) is 13.2 Å². The number of fused-ring (bicyclic) bond motifs is 1. The topological polar surface area (TPSA) is 88.2 Å². The molecule has 2 aromatic rings. The van der Waals surface area contributed by atoms with Crippen molar-refractivity contribution in [3.63, 3.8) is 0 Å². The summed E-state index contributed by atoms with van der Waals surface area (Å²) in [6, 6.07) is 4.74. The first kappa shape index (κ1) is 15.4. The lowest BCUT2D eigenvalue weighted by Gasteiger charge is -2.06. The van der Waals surface area contributed by atoms with Crippen LogP contribution in [0, 0.1) is 5.92 Å². The van der Waals surface area contributed by atoms with E-state index >= 15 is 0 Å². The van der Waals surface area contributed by atoms with Crippen molar-refractivity contribution < 1.29 is 13.2 Å². The van der Waals surface area contributed by atoms with Gasteiger partial charge in [-0.1, -0.05) is 24.2 Å². The lowest BCUT2D eigenvalue weighted by atomic mass is 10.1. The van der Waals surface area contributed by atoms with Crippen LogP contribution in [0.2, 0.25) is 0 Å². The third-order valence-electron chi connectivity index (χ3n) is 3.90. The van der Waals surface area contributed by atoms with E-state index in [1.807, 2.05) is 0 Å². The van der Waals surface area contributed by atoms with Crippen LogP contribution in [-0.2, 0) is 14.8 Å². The minimum Gasteiger partial charge on any atom is -0.302 e. The van der Waals surface area contributed by atoms with Gasteiger partial charge in [0, 0.05) is 5.92 Å². The number of anilines is 1. The van der Waals surface area contributed by atoms with E-state index in [1.165, 1.54) is 24.5 Å². The molecule has 1 amide bonds. The first-order valence-electron chi connectivity index (χ1n) is 7.14. The summed E-state index contributed by atoms with van der Waals surface area (Å²) in [5.74, 6) is 0.0897. The number of sulfonamides is 1. The highest BCUT2D eigenvalue weighted by Gasteiger charge is 2.23. The Hall–Kier alpha value is -1.51. The van der Waals surface area contributed by atoms with Crippen molar-refractivity contribution in [3.05, 3.63) is 18.2 Å². The molecular formula is C14H17N3O3S2. The molecule has 0 saturated heterocycles. The summed E-state index contributed by atoms with van der Waals surface area (Å²) in [6.07, 6.45) is 4.06. The number of hydrogen-bond donors (Lipinski definition) is 2. The smallest absolute Gasteiger partial charge is 0.240 e. The number of thiazole rings is 1. The van der Waals surface area contributed by atoms with Crippen LogP contribution in [-0.4, -0.2) is 26.4 Å². The average molecular weight is 339 g/mol. The number of carbonyl (C=O) groups is 1. The molecule has 1 fully saturated rings. The maximum absolute atomic E-state index is 12.1. The molecule has 1 aromatic heterocycles. The molecule has 8 heteroatoms. The standard InChI is InChI=1S/C14H17N3O3S2/c1-15-22(19,20)10-6-7-11-12(8-10)21-14(16-11)17-13(18)9-4-2-3-5-9/h6-9,15H,2-5H2,1H3,(H,16,17,18). The summed E-state index contributed by atoms with van der Waals surface area (Å²) in [5.41, 5.74) is 0.682. The number of rotatable bonds is 4. The summed E-state index contributed by atoms with van der Waals surface area (Å²) >= 11 is 1.29.